The molecular formula is C7H3ClF3NO3. The highest BCUT2D eigenvalue weighted by atomic mass is 35.5. The number of aromatic carboxylic acids is 1. The van der Waals surface area contributed by atoms with Gasteiger partial charge in [-0.3, -0.25) is 0 Å². The van der Waals surface area contributed by atoms with Gasteiger partial charge in [-0.1, -0.05) is 11.6 Å². The topological polar surface area (TPSA) is 59.4 Å². The monoisotopic (exact) mass is 241 g/mol. The standard InChI is InChI=1S/C7H3ClF3NO3/c8-5-2-3(15-7(9,10)11)1-4(12-5)6(13)14/h1-2H,(H,13,14). The molecule has 4 nitrogen and oxygen atoms in total. The van der Waals surface area contributed by atoms with Crippen LogP contribution in [0.5, 0.6) is 5.75 Å². The van der Waals surface area contributed by atoms with Crippen molar-refractivity contribution in [2.24, 2.45) is 0 Å². The average Bonchev–Trinajstić information content (AvgIpc) is 1.99. The van der Waals surface area contributed by atoms with Crippen molar-refractivity contribution in [2.75, 3.05) is 0 Å². The molecule has 0 aliphatic rings. The fraction of sp³-hybridized carbons (Fsp3) is 0.143. The van der Waals surface area contributed by atoms with Crippen molar-refractivity contribution in [3.63, 3.8) is 0 Å². The van der Waals surface area contributed by atoms with Crippen LogP contribution in [0.4, 0.5) is 13.2 Å². The van der Waals surface area contributed by atoms with Crippen molar-refractivity contribution in [1.29, 1.82) is 0 Å². The normalized spacial score (nSPS) is 11.2. The Kier molecular flexibility index (Phi) is 3.04. The van der Waals surface area contributed by atoms with Gasteiger partial charge in [0.25, 0.3) is 0 Å². The third-order valence-corrected chi connectivity index (χ3v) is 1.41. The van der Waals surface area contributed by atoms with Crippen LogP contribution in [-0.2, 0) is 0 Å². The molecule has 15 heavy (non-hydrogen) atoms. The summed E-state index contributed by atoms with van der Waals surface area (Å²) < 4.78 is 38.8. The number of nitrogens with zero attached hydrogens (tertiary/aromatic N) is 1. The molecule has 1 heterocycles. The first-order valence-corrected chi connectivity index (χ1v) is 3.82. The van der Waals surface area contributed by atoms with Gasteiger partial charge < -0.3 is 9.84 Å². The summed E-state index contributed by atoms with van der Waals surface area (Å²) in [4.78, 5) is 13.7. The van der Waals surface area contributed by atoms with E-state index in [0.29, 0.717) is 6.07 Å². The van der Waals surface area contributed by atoms with Crippen LogP contribution in [0.3, 0.4) is 0 Å². The van der Waals surface area contributed by atoms with Gasteiger partial charge in [-0.15, -0.1) is 13.2 Å². The quantitative estimate of drug-likeness (QED) is 0.808. The number of hydrogen-bond acceptors (Lipinski definition) is 3. The highest BCUT2D eigenvalue weighted by Crippen LogP contribution is 2.25. The SMILES string of the molecule is O=C(O)c1cc(OC(F)(F)F)cc(Cl)n1. The van der Waals surface area contributed by atoms with Crippen LogP contribution in [0.1, 0.15) is 10.5 Å². The molecule has 0 bridgehead atoms. The van der Waals surface area contributed by atoms with Crippen molar-refractivity contribution in [1.82, 2.24) is 4.98 Å². The summed E-state index contributed by atoms with van der Waals surface area (Å²) in [6.45, 7) is 0. The Balaban J connectivity index is 3.04. The molecule has 0 spiro atoms. The fourth-order valence-electron chi connectivity index (χ4n) is 0.776. The van der Waals surface area contributed by atoms with E-state index in [1.807, 2.05) is 0 Å². The summed E-state index contributed by atoms with van der Waals surface area (Å²) in [6.07, 6.45) is -4.90. The van der Waals surface area contributed by atoms with Gasteiger partial charge in [-0.05, 0) is 0 Å². The minimum atomic E-state index is -4.90. The second-order valence-electron chi connectivity index (χ2n) is 2.36. The molecule has 8 heteroatoms. The fourth-order valence-corrected chi connectivity index (χ4v) is 0.974. The summed E-state index contributed by atoms with van der Waals surface area (Å²) in [5.41, 5.74) is -0.623. The van der Waals surface area contributed by atoms with Gasteiger partial charge in [0.15, 0.2) is 5.69 Å². The summed E-state index contributed by atoms with van der Waals surface area (Å²) >= 11 is 5.30. The van der Waals surface area contributed by atoms with E-state index in [2.05, 4.69) is 9.72 Å². The molecule has 0 aliphatic carbocycles. The van der Waals surface area contributed by atoms with Crippen LogP contribution in [0.2, 0.25) is 5.15 Å². The van der Waals surface area contributed by atoms with E-state index in [1.54, 1.807) is 0 Å². The lowest BCUT2D eigenvalue weighted by Crippen LogP contribution is -2.17. The van der Waals surface area contributed by atoms with Gasteiger partial charge in [0.1, 0.15) is 10.9 Å². The van der Waals surface area contributed by atoms with Gasteiger partial charge in [-0.25, -0.2) is 9.78 Å². The third kappa shape index (κ3) is 3.62. The summed E-state index contributed by atoms with van der Waals surface area (Å²) in [6, 6.07) is 1.39. The minimum Gasteiger partial charge on any atom is -0.477 e. The van der Waals surface area contributed by atoms with Crippen LogP contribution in [-0.4, -0.2) is 22.4 Å². The van der Waals surface area contributed by atoms with Gasteiger partial charge in [0.05, 0.1) is 0 Å². The number of carboxylic acid groups (broad SMARTS) is 1. The lowest BCUT2D eigenvalue weighted by atomic mass is 10.3. The maximum atomic E-state index is 11.8. The first kappa shape index (κ1) is 11.6. The van der Waals surface area contributed by atoms with Crippen molar-refractivity contribution < 1.29 is 27.8 Å². The Hall–Kier alpha value is -1.50. The van der Waals surface area contributed by atoms with Gasteiger partial charge in [0.2, 0.25) is 0 Å². The predicted molar refractivity (Wildman–Crippen MR) is 42.9 cm³/mol. The highest BCUT2D eigenvalue weighted by molar-refractivity contribution is 6.29. The van der Waals surface area contributed by atoms with E-state index in [-0.39, 0.29) is 0 Å². The predicted octanol–water partition coefficient (Wildman–Crippen LogP) is 2.33. The highest BCUT2D eigenvalue weighted by Gasteiger charge is 2.31. The number of aromatic nitrogens is 1. The molecule has 1 aromatic heterocycles. The molecule has 82 valence electrons. The van der Waals surface area contributed by atoms with E-state index in [4.69, 9.17) is 16.7 Å². The molecule has 0 aromatic carbocycles. The Morgan fingerprint density at radius 2 is 2.07 bits per heavy atom. The van der Waals surface area contributed by atoms with Crippen LogP contribution in [0.25, 0.3) is 0 Å². The van der Waals surface area contributed by atoms with Gasteiger partial charge in [-0.2, -0.15) is 0 Å². The average molecular weight is 242 g/mol. The van der Waals surface area contributed by atoms with Crippen molar-refractivity contribution >= 4 is 17.6 Å². The van der Waals surface area contributed by atoms with Crippen LogP contribution < -0.4 is 4.74 Å². The molecule has 1 aromatic rings. The number of rotatable bonds is 2. The molecule has 0 radical (unpaired) electrons. The number of hydrogen-bond donors (Lipinski definition) is 1. The number of halogens is 4. The number of alkyl halides is 3. The second kappa shape index (κ2) is 3.93. The number of ether oxygens (including phenoxy) is 1. The maximum Gasteiger partial charge on any atom is 0.573 e. The van der Waals surface area contributed by atoms with Crippen LogP contribution in [0.15, 0.2) is 12.1 Å². The summed E-state index contributed by atoms with van der Waals surface area (Å²) in [7, 11) is 0. The molecule has 1 rings (SSSR count). The summed E-state index contributed by atoms with van der Waals surface area (Å²) in [5.74, 6) is -2.22. The summed E-state index contributed by atoms with van der Waals surface area (Å²) in [5, 5.41) is 8.08. The van der Waals surface area contributed by atoms with E-state index < -0.39 is 28.9 Å². The number of carbonyl (C=O) groups is 1. The zero-order valence-corrected chi connectivity index (χ0v) is 7.63. The molecule has 0 amide bonds. The number of pyridine rings is 1. The minimum absolute atomic E-state index is 0.394. The molecule has 0 unspecified atom stereocenters. The van der Waals surface area contributed by atoms with E-state index in [0.717, 1.165) is 6.07 Å². The second-order valence-corrected chi connectivity index (χ2v) is 2.75. The van der Waals surface area contributed by atoms with Crippen molar-refractivity contribution in [3.05, 3.63) is 23.0 Å². The number of carboxylic acids is 1. The Morgan fingerprint density at radius 3 is 2.53 bits per heavy atom. The molecule has 0 aliphatic heterocycles. The van der Waals surface area contributed by atoms with E-state index >= 15 is 0 Å². The molecular weight excluding hydrogens is 239 g/mol. The molecule has 0 saturated carbocycles. The lowest BCUT2D eigenvalue weighted by Gasteiger charge is -2.08. The zero-order valence-electron chi connectivity index (χ0n) is 6.88. The smallest absolute Gasteiger partial charge is 0.477 e. The lowest BCUT2D eigenvalue weighted by molar-refractivity contribution is -0.274. The van der Waals surface area contributed by atoms with Gasteiger partial charge in [0, 0.05) is 12.1 Å². The van der Waals surface area contributed by atoms with Crippen LogP contribution in [0, 0.1) is 0 Å². The molecule has 0 atom stereocenters. The first-order valence-electron chi connectivity index (χ1n) is 3.44. The Morgan fingerprint density at radius 1 is 1.47 bits per heavy atom. The van der Waals surface area contributed by atoms with E-state index in [9.17, 15) is 18.0 Å². The largest absolute Gasteiger partial charge is 0.573 e. The van der Waals surface area contributed by atoms with Crippen molar-refractivity contribution in [3.8, 4) is 5.75 Å². The molecule has 1 N–H and O–H groups in total. The Labute approximate surface area is 86.3 Å². The molecule has 0 fully saturated rings. The van der Waals surface area contributed by atoms with Gasteiger partial charge >= 0.3 is 12.3 Å². The third-order valence-electron chi connectivity index (χ3n) is 1.22. The van der Waals surface area contributed by atoms with Crippen LogP contribution >= 0.6 is 11.6 Å². The Bertz CT molecular complexity index is 394. The first-order chi connectivity index (χ1) is 6.78. The maximum absolute atomic E-state index is 11.8. The van der Waals surface area contributed by atoms with E-state index in [1.165, 1.54) is 0 Å². The van der Waals surface area contributed by atoms with Crippen molar-refractivity contribution in [2.45, 2.75) is 6.36 Å². The molecule has 0 saturated heterocycles. The zero-order chi connectivity index (χ0) is 11.6.